The summed E-state index contributed by atoms with van der Waals surface area (Å²) in [6.07, 6.45) is -6.74. The second-order valence-electron chi connectivity index (χ2n) is 10.4. The van der Waals surface area contributed by atoms with Gasteiger partial charge in [-0.15, -0.1) is 0 Å². The number of imide groups is 1. The van der Waals surface area contributed by atoms with E-state index in [1.165, 1.54) is 17.0 Å². The summed E-state index contributed by atoms with van der Waals surface area (Å²) in [6, 6.07) is 3.95. The minimum Gasteiger partial charge on any atom is -0.488 e. The smallest absolute Gasteiger partial charge is 0.255 e. The van der Waals surface area contributed by atoms with Crippen molar-refractivity contribution < 1.29 is 42.0 Å². The molecule has 0 saturated carbocycles. The molecule has 2 aromatic carbocycles. The monoisotopic (exact) mass is 533 g/mol. The number of halogens is 1. The number of nitrogens with one attached hydrogen (secondary N) is 1. The average Bonchev–Trinajstić information content (AvgIpc) is 3.11. The van der Waals surface area contributed by atoms with E-state index in [1.807, 2.05) is 0 Å². The van der Waals surface area contributed by atoms with E-state index < -0.39 is 95.5 Å². The Kier molecular flexibility index (Phi) is 4.28. The third-order valence-electron chi connectivity index (χ3n) is 6.00. The van der Waals surface area contributed by atoms with E-state index in [4.69, 9.17) is 23.2 Å². The minimum atomic E-state index is -3.39. The molecule has 2 fully saturated rings. The number of amides is 3. The summed E-state index contributed by atoms with van der Waals surface area (Å²) in [7, 11) is 0. The van der Waals surface area contributed by atoms with Crippen LogP contribution in [0.5, 0.6) is 5.75 Å². The van der Waals surface area contributed by atoms with E-state index in [0.717, 1.165) is 24.3 Å². The number of hydrogen-bond donors (Lipinski definition) is 1. The van der Waals surface area contributed by atoms with Crippen molar-refractivity contribution in [2.75, 3.05) is 13.1 Å². The molecular formula is C29H34FN3O5. The van der Waals surface area contributed by atoms with Crippen LogP contribution < -0.4 is 10.1 Å². The average molecular weight is 534 g/mol. The van der Waals surface area contributed by atoms with Crippen molar-refractivity contribution in [1.82, 2.24) is 15.1 Å². The standard InChI is InChI=1S/C29H34FN3O5/c1-28(2)16-32(17-29(3,4)38-28)13-18-8-9-19(22(30)12-18)15-37-24-7-5-6-20-21(24)14-33(27(20)36)23-10-11-25(34)31-26(23)35/h5-9,12,23H,10-11,13-17H2,1-4H3,(H,31,34,35)/i10D2,11D2,13D2,14D2,15D2. The van der Waals surface area contributed by atoms with Crippen molar-refractivity contribution in [2.24, 2.45) is 0 Å². The molecule has 1 unspecified atom stereocenters. The fraction of sp³-hybridized carbons (Fsp3) is 0.483. The lowest BCUT2D eigenvalue weighted by molar-refractivity contribution is -0.182. The quantitative estimate of drug-likeness (QED) is 0.572. The van der Waals surface area contributed by atoms with Crippen LogP contribution in [0.2, 0.25) is 0 Å². The number of hydrogen-bond acceptors (Lipinski definition) is 6. The molecule has 0 bridgehead atoms. The molecule has 202 valence electrons. The largest absolute Gasteiger partial charge is 0.488 e. The van der Waals surface area contributed by atoms with E-state index in [2.05, 4.69) is 0 Å². The van der Waals surface area contributed by atoms with Crippen LogP contribution in [-0.2, 0) is 33.9 Å². The molecule has 5 rings (SSSR count). The van der Waals surface area contributed by atoms with Crippen LogP contribution in [0.4, 0.5) is 4.39 Å². The zero-order valence-electron chi connectivity index (χ0n) is 31.3. The van der Waals surface area contributed by atoms with E-state index in [-0.39, 0.29) is 23.6 Å². The van der Waals surface area contributed by atoms with Crippen LogP contribution in [0, 0.1) is 5.82 Å². The van der Waals surface area contributed by atoms with Crippen molar-refractivity contribution in [3.05, 3.63) is 64.5 Å². The van der Waals surface area contributed by atoms with Crippen molar-refractivity contribution in [2.45, 2.75) is 77.2 Å². The van der Waals surface area contributed by atoms with Gasteiger partial charge in [-0.3, -0.25) is 24.6 Å². The second-order valence-corrected chi connectivity index (χ2v) is 10.4. The molecule has 1 N–H and O–H groups in total. The SMILES string of the molecule is [2H]C([2H])(Oc1cccc2c1C([2H])([2H])N(C1C(=O)NC(=O)C([2H])([2H])C1([2H])[2H])C2=O)c1ccc(C([2H])([2H])N2CC(C)(C)OC(C)(C)C2)cc1F. The summed E-state index contributed by atoms with van der Waals surface area (Å²) < 4.78 is 112. The normalized spacial score (nSPS) is 31.4. The number of rotatable bonds is 6. The summed E-state index contributed by atoms with van der Waals surface area (Å²) in [5.74, 6) is -6.11. The van der Waals surface area contributed by atoms with Gasteiger partial charge in [0.15, 0.2) is 0 Å². The van der Waals surface area contributed by atoms with Gasteiger partial charge in [0.05, 0.1) is 23.2 Å². The first-order valence-corrected chi connectivity index (χ1v) is 11.9. The molecule has 3 heterocycles. The Hall–Kier alpha value is -3.30. The molecule has 3 aliphatic rings. The van der Waals surface area contributed by atoms with Crippen LogP contribution in [0.25, 0.3) is 0 Å². The molecule has 0 aliphatic carbocycles. The van der Waals surface area contributed by atoms with Crippen LogP contribution >= 0.6 is 0 Å². The zero-order valence-corrected chi connectivity index (χ0v) is 21.3. The zero-order chi connectivity index (χ0) is 36.2. The lowest BCUT2D eigenvalue weighted by Gasteiger charge is -2.47. The topological polar surface area (TPSA) is 88.2 Å². The number of benzene rings is 2. The van der Waals surface area contributed by atoms with Crippen LogP contribution in [0.3, 0.4) is 0 Å². The van der Waals surface area contributed by atoms with E-state index in [1.54, 1.807) is 33.0 Å². The third kappa shape index (κ3) is 5.44. The molecular weight excluding hydrogens is 489 g/mol. The van der Waals surface area contributed by atoms with E-state index in [9.17, 15) is 14.4 Å². The highest BCUT2D eigenvalue weighted by atomic mass is 19.1. The van der Waals surface area contributed by atoms with Gasteiger partial charge in [-0.05, 0) is 57.8 Å². The molecule has 2 saturated heterocycles. The number of ether oxygens (including phenoxy) is 2. The maximum atomic E-state index is 15.7. The fourth-order valence-electron chi connectivity index (χ4n) is 4.81. The van der Waals surface area contributed by atoms with Crippen molar-refractivity contribution in [3.8, 4) is 5.75 Å². The lowest BCUT2D eigenvalue weighted by atomic mass is 9.98. The van der Waals surface area contributed by atoms with Crippen LogP contribution in [0.15, 0.2) is 36.4 Å². The summed E-state index contributed by atoms with van der Waals surface area (Å²) >= 11 is 0. The number of morpholine rings is 1. The fourth-order valence-corrected chi connectivity index (χ4v) is 4.81. The molecule has 38 heavy (non-hydrogen) atoms. The maximum absolute atomic E-state index is 15.7. The lowest BCUT2D eigenvalue weighted by Crippen LogP contribution is -2.56. The van der Waals surface area contributed by atoms with E-state index in [0.29, 0.717) is 0 Å². The molecule has 1 atom stereocenters. The summed E-state index contributed by atoms with van der Waals surface area (Å²) in [6.45, 7) is -0.756. The molecule has 0 aromatic heterocycles. The molecule has 3 aliphatic heterocycles. The molecule has 9 heteroatoms. The van der Waals surface area contributed by atoms with Gasteiger partial charge >= 0.3 is 0 Å². The number of carbonyl (C=O) groups excluding carboxylic acids is 3. The Morgan fingerprint density at radius 2 is 1.89 bits per heavy atom. The Morgan fingerprint density at radius 1 is 1.16 bits per heavy atom. The second kappa shape index (κ2) is 9.78. The van der Waals surface area contributed by atoms with Gasteiger partial charge in [0.25, 0.3) is 5.91 Å². The van der Waals surface area contributed by atoms with Crippen molar-refractivity contribution >= 4 is 17.7 Å². The van der Waals surface area contributed by atoms with Gasteiger partial charge < -0.3 is 14.4 Å². The van der Waals surface area contributed by atoms with Crippen molar-refractivity contribution in [3.63, 3.8) is 0 Å². The molecule has 8 nitrogen and oxygen atoms in total. The first kappa shape index (κ1) is 16.6. The van der Waals surface area contributed by atoms with E-state index >= 15 is 4.39 Å². The summed E-state index contributed by atoms with van der Waals surface area (Å²) in [4.78, 5) is 40.0. The Morgan fingerprint density at radius 3 is 2.61 bits per heavy atom. The first-order valence-electron chi connectivity index (χ1n) is 16.9. The third-order valence-corrected chi connectivity index (χ3v) is 6.00. The number of fused-ring (bicyclic) bond motifs is 1. The van der Waals surface area contributed by atoms with Gasteiger partial charge in [-0.25, -0.2) is 4.39 Å². The molecule has 0 radical (unpaired) electrons. The van der Waals surface area contributed by atoms with Crippen molar-refractivity contribution in [1.29, 1.82) is 0 Å². The minimum absolute atomic E-state index is 0.107. The number of piperidine rings is 1. The van der Waals surface area contributed by atoms with Gasteiger partial charge in [-0.1, -0.05) is 18.2 Å². The highest BCUT2D eigenvalue weighted by Gasteiger charge is 2.40. The van der Waals surface area contributed by atoms with Gasteiger partial charge in [-0.2, -0.15) is 0 Å². The predicted molar refractivity (Wildman–Crippen MR) is 138 cm³/mol. The predicted octanol–water partition coefficient (Wildman–Crippen LogP) is 3.56. The Bertz CT molecular complexity index is 1700. The van der Waals surface area contributed by atoms with Gasteiger partial charge in [0.2, 0.25) is 11.8 Å². The summed E-state index contributed by atoms with van der Waals surface area (Å²) in [5.41, 5.74) is -3.32. The van der Waals surface area contributed by atoms with Crippen LogP contribution in [-0.4, -0.2) is 57.9 Å². The first-order chi connectivity index (χ1) is 21.7. The highest BCUT2D eigenvalue weighted by Crippen LogP contribution is 2.34. The van der Waals surface area contributed by atoms with Crippen LogP contribution in [0.1, 0.15) is 81.2 Å². The maximum Gasteiger partial charge on any atom is 0.255 e. The Labute approximate surface area is 236 Å². The summed E-state index contributed by atoms with van der Waals surface area (Å²) in [5, 5.41) is 1.64. The molecule has 2 aromatic rings. The number of carbonyl (C=O) groups is 3. The Balaban J connectivity index is 1.48. The molecule has 3 amide bonds. The van der Waals surface area contributed by atoms with Gasteiger partial charge in [0.1, 0.15) is 24.2 Å². The highest BCUT2D eigenvalue weighted by molar-refractivity contribution is 6.05. The van der Waals surface area contributed by atoms with Gasteiger partial charge in [0, 0.05) is 50.9 Å². The number of nitrogens with zero attached hydrogens (tertiary/aromatic N) is 2. The molecule has 0 spiro atoms.